The number of hydrogen-bond acceptors (Lipinski definition) is 2. The molecule has 1 heterocycles. The first-order valence-electron chi connectivity index (χ1n) is 6.82. The molecule has 0 amide bonds. The van der Waals surface area contributed by atoms with Crippen molar-refractivity contribution in [1.82, 2.24) is 4.90 Å². The zero-order chi connectivity index (χ0) is 13.1. The second-order valence-corrected chi connectivity index (χ2v) is 5.26. The minimum Gasteiger partial charge on any atom is -0.391 e. The molecule has 3 rings (SSSR count). The smallest absolute Gasteiger partial charge is 0.0747 e. The van der Waals surface area contributed by atoms with Crippen LogP contribution in [0.2, 0.25) is 0 Å². The fourth-order valence-corrected chi connectivity index (χ4v) is 2.86. The van der Waals surface area contributed by atoms with E-state index in [0.717, 1.165) is 19.6 Å². The lowest BCUT2D eigenvalue weighted by molar-refractivity contribution is 0.163. The van der Waals surface area contributed by atoms with Gasteiger partial charge in [0.1, 0.15) is 0 Å². The summed E-state index contributed by atoms with van der Waals surface area (Å²) in [6.45, 7) is 2.61. The van der Waals surface area contributed by atoms with Crippen molar-refractivity contribution >= 4 is 0 Å². The first-order chi connectivity index (χ1) is 9.33. The normalized spacial score (nSPS) is 23.6. The average Bonchev–Trinajstić information content (AvgIpc) is 2.82. The fourth-order valence-electron chi connectivity index (χ4n) is 2.86. The van der Waals surface area contributed by atoms with Crippen LogP contribution in [0.5, 0.6) is 0 Å². The van der Waals surface area contributed by atoms with E-state index in [4.69, 9.17) is 0 Å². The number of rotatable bonds is 3. The largest absolute Gasteiger partial charge is 0.391 e. The van der Waals surface area contributed by atoms with Gasteiger partial charge in [-0.1, -0.05) is 60.7 Å². The molecular weight excluding hydrogens is 234 g/mol. The highest BCUT2D eigenvalue weighted by Crippen LogP contribution is 2.28. The summed E-state index contributed by atoms with van der Waals surface area (Å²) < 4.78 is 0. The molecule has 0 aromatic heterocycles. The van der Waals surface area contributed by atoms with Crippen LogP contribution < -0.4 is 0 Å². The Labute approximate surface area is 114 Å². The Morgan fingerprint density at radius 2 is 1.53 bits per heavy atom. The molecule has 19 heavy (non-hydrogen) atoms. The number of nitrogens with zero attached hydrogens (tertiary/aromatic N) is 1. The van der Waals surface area contributed by atoms with Gasteiger partial charge < -0.3 is 5.11 Å². The number of benzene rings is 2. The average molecular weight is 253 g/mol. The second-order valence-electron chi connectivity index (χ2n) is 5.26. The van der Waals surface area contributed by atoms with Crippen LogP contribution in [-0.4, -0.2) is 29.2 Å². The summed E-state index contributed by atoms with van der Waals surface area (Å²) >= 11 is 0. The molecule has 0 unspecified atom stereocenters. The van der Waals surface area contributed by atoms with Gasteiger partial charge >= 0.3 is 0 Å². The predicted molar refractivity (Wildman–Crippen MR) is 76.9 cm³/mol. The van der Waals surface area contributed by atoms with Crippen LogP contribution >= 0.6 is 0 Å². The van der Waals surface area contributed by atoms with E-state index in [-0.39, 0.29) is 12.0 Å². The number of likely N-dealkylation sites (tertiary alicyclic amines) is 1. The predicted octanol–water partition coefficient (Wildman–Crippen LogP) is 2.65. The zero-order valence-corrected chi connectivity index (χ0v) is 10.9. The fraction of sp³-hybridized carbons (Fsp3) is 0.294. The molecule has 0 radical (unpaired) electrons. The van der Waals surface area contributed by atoms with Gasteiger partial charge in [-0.3, -0.25) is 4.90 Å². The third kappa shape index (κ3) is 2.86. The molecule has 0 bridgehead atoms. The van der Waals surface area contributed by atoms with Crippen molar-refractivity contribution in [3.63, 3.8) is 0 Å². The highest BCUT2D eigenvalue weighted by Gasteiger charge is 2.31. The Kier molecular flexibility index (Phi) is 3.62. The Bertz CT molecular complexity index is 511. The van der Waals surface area contributed by atoms with E-state index in [1.165, 1.54) is 11.1 Å². The van der Waals surface area contributed by atoms with Crippen molar-refractivity contribution in [3.05, 3.63) is 71.8 Å². The number of β-amino-alcohol motifs (C(OH)–C–C–N with tert-alkyl or cyclic N) is 1. The summed E-state index contributed by atoms with van der Waals surface area (Å²) in [6, 6.07) is 20.8. The molecule has 0 aliphatic carbocycles. The highest BCUT2D eigenvalue weighted by molar-refractivity contribution is 5.23. The van der Waals surface area contributed by atoms with Gasteiger partial charge in [-0.2, -0.15) is 0 Å². The lowest BCUT2D eigenvalue weighted by Crippen LogP contribution is -2.21. The van der Waals surface area contributed by atoms with Crippen LogP contribution in [0.25, 0.3) is 0 Å². The van der Waals surface area contributed by atoms with E-state index in [1.807, 2.05) is 24.3 Å². The van der Waals surface area contributed by atoms with Gasteiger partial charge in [0.15, 0.2) is 0 Å². The molecule has 1 saturated heterocycles. The molecule has 2 nitrogen and oxygen atoms in total. The summed E-state index contributed by atoms with van der Waals surface area (Å²) in [4.78, 5) is 2.33. The van der Waals surface area contributed by atoms with Crippen LogP contribution in [-0.2, 0) is 6.54 Å². The van der Waals surface area contributed by atoms with Crippen molar-refractivity contribution in [2.24, 2.45) is 0 Å². The Balaban J connectivity index is 1.69. The third-order valence-electron chi connectivity index (χ3n) is 3.84. The standard InChI is InChI=1S/C17H19NO/c19-17-13-18(11-14-7-3-1-4-8-14)12-16(17)15-9-5-2-6-10-15/h1-10,16-17,19H,11-13H2/t16-,17-/m0/s1. The molecule has 0 spiro atoms. The highest BCUT2D eigenvalue weighted by atomic mass is 16.3. The topological polar surface area (TPSA) is 23.5 Å². The molecule has 1 aliphatic rings. The Hall–Kier alpha value is -1.64. The molecule has 1 fully saturated rings. The van der Waals surface area contributed by atoms with Crippen molar-refractivity contribution in [3.8, 4) is 0 Å². The molecule has 98 valence electrons. The van der Waals surface area contributed by atoms with Gasteiger partial charge in [-0.05, 0) is 11.1 Å². The minimum absolute atomic E-state index is 0.241. The SMILES string of the molecule is O[C@H]1CN(Cc2ccccc2)C[C@H]1c1ccccc1. The molecule has 0 saturated carbocycles. The van der Waals surface area contributed by atoms with Crippen LogP contribution in [0.3, 0.4) is 0 Å². The molecular formula is C17H19NO. The van der Waals surface area contributed by atoms with E-state index >= 15 is 0 Å². The Morgan fingerprint density at radius 3 is 2.21 bits per heavy atom. The van der Waals surface area contributed by atoms with Gasteiger partial charge in [-0.25, -0.2) is 0 Å². The summed E-state index contributed by atoms with van der Waals surface area (Å²) in [7, 11) is 0. The van der Waals surface area contributed by atoms with E-state index in [0.29, 0.717) is 0 Å². The van der Waals surface area contributed by atoms with Gasteiger partial charge in [-0.15, -0.1) is 0 Å². The maximum Gasteiger partial charge on any atom is 0.0747 e. The molecule has 1 aliphatic heterocycles. The number of hydrogen-bond donors (Lipinski definition) is 1. The van der Waals surface area contributed by atoms with Crippen LogP contribution in [0.15, 0.2) is 60.7 Å². The summed E-state index contributed by atoms with van der Waals surface area (Å²) in [5, 5.41) is 10.2. The maximum absolute atomic E-state index is 10.2. The first-order valence-corrected chi connectivity index (χ1v) is 6.82. The Morgan fingerprint density at radius 1 is 0.895 bits per heavy atom. The van der Waals surface area contributed by atoms with Crippen LogP contribution in [0.4, 0.5) is 0 Å². The van der Waals surface area contributed by atoms with Gasteiger partial charge in [0.2, 0.25) is 0 Å². The lowest BCUT2D eigenvalue weighted by atomic mass is 9.96. The van der Waals surface area contributed by atoms with Crippen LogP contribution in [0, 0.1) is 0 Å². The molecule has 2 aromatic rings. The van der Waals surface area contributed by atoms with Gasteiger partial charge in [0.25, 0.3) is 0 Å². The van der Waals surface area contributed by atoms with E-state index < -0.39 is 0 Å². The third-order valence-corrected chi connectivity index (χ3v) is 3.84. The summed E-state index contributed by atoms with van der Waals surface area (Å²) in [5.74, 6) is 0.241. The monoisotopic (exact) mass is 253 g/mol. The van der Waals surface area contributed by atoms with Crippen molar-refractivity contribution in [1.29, 1.82) is 0 Å². The number of aliphatic hydroxyl groups excluding tert-OH is 1. The van der Waals surface area contributed by atoms with Crippen molar-refractivity contribution < 1.29 is 5.11 Å². The minimum atomic E-state index is -0.258. The van der Waals surface area contributed by atoms with E-state index in [9.17, 15) is 5.11 Å². The molecule has 2 atom stereocenters. The van der Waals surface area contributed by atoms with Gasteiger partial charge in [0, 0.05) is 25.6 Å². The van der Waals surface area contributed by atoms with Crippen molar-refractivity contribution in [2.75, 3.05) is 13.1 Å². The summed E-state index contributed by atoms with van der Waals surface area (Å²) in [6.07, 6.45) is -0.258. The second kappa shape index (κ2) is 5.55. The quantitative estimate of drug-likeness (QED) is 0.909. The zero-order valence-electron chi connectivity index (χ0n) is 10.9. The van der Waals surface area contributed by atoms with E-state index in [1.54, 1.807) is 0 Å². The molecule has 2 aromatic carbocycles. The number of aliphatic hydroxyl groups is 1. The first kappa shape index (κ1) is 12.4. The van der Waals surface area contributed by atoms with E-state index in [2.05, 4.69) is 41.3 Å². The lowest BCUT2D eigenvalue weighted by Gasteiger charge is -2.15. The molecule has 1 N–H and O–H groups in total. The van der Waals surface area contributed by atoms with Crippen molar-refractivity contribution in [2.45, 2.75) is 18.6 Å². The van der Waals surface area contributed by atoms with Crippen LogP contribution in [0.1, 0.15) is 17.0 Å². The molecule has 2 heteroatoms. The van der Waals surface area contributed by atoms with Gasteiger partial charge in [0.05, 0.1) is 6.10 Å². The summed E-state index contributed by atoms with van der Waals surface area (Å²) in [5.41, 5.74) is 2.55. The maximum atomic E-state index is 10.2.